The number of fused-ring (bicyclic) bond motifs is 1. The predicted octanol–water partition coefficient (Wildman–Crippen LogP) is 1.86. The second kappa shape index (κ2) is 7.96. The topological polar surface area (TPSA) is 97.3 Å². The minimum atomic E-state index is -0.624. The highest BCUT2D eigenvalue weighted by Gasteiger charge is 2.24. The lowest BCUT2D eigenvalue weighted by Crippen LogP contribution is -2.32. The lowest BCUT2D eigenvalue weighted by Gasteiger charge is -2.21. The second-order valence-electron chi connectivity index (χ2n) is 5.90. The van der Waals surface area contributed by atoms with E-state index >= 15 is 0 Å². The molecule has 0 aromatic heterocycles. The first-order valence-electron chi connectivity index (χ1n) is 8.29. The summed E-state index contributed by atoms with van der Waals surface area (Å²) in [6.45, 7) is 0.982. The van der Waals surface area contributed by atoms with E-state index in [0.717, 1.165) is 5.56 Å². The Labute approximate surface area is 156 Å². The average molecular weight is 372 g/mol. The van der Waals surface area contributed by atoms with Gasteiger partial charge in [-0.15, -0.1) is 0 Å². The Morgan fingerprint density at radius 3 is 2.67 bits per heavy atom. The van der Waals surface area contributed by atoms with Gasteiger partial charge in [0.1, 0.15) is 23.9 Å². The van der Waals surface area contributed by atoms with Crippen molar-refractivity contribution in [1.29, 1.82) is 0 Å². The standard InChI is InChI=1S/C19H20N2O6/c1-25-14-5-6-15(17(10-14)26-2)19(23)21-7-8-27-16-9-12(18(22)20-24)3-4-13(16)11-21/h3-6,9-10,24H,7-8,11H2,1-2H3,(H,20,22). The number of benzene rings is 2. The predicted molar refractivity (Wildman–Crippen MR) is 95.5 cm³/mol. The Kier molecular flexibility index (Phi) is 5.46. The van der Waals surface area contributed by atoms with Crippen LogP contribution in [0.25, 0.3) is 0 Å². The third-order valence-corrected chi connectivity index (χ3v) is 4.34. The molecule has 1 heterocycles. The van der Waals surface area contributed by atoms with E-state index in [9.17, 15) is 9.59 Å². The number of rotatable bonds is 4. The zero-order valence-corrected chi connectivity index (χ0v) is 15.0. The molecule has 0 saturated heterocycles. The largest absolute Gasteiger partial charge is 0.497 e. The van der Waals surface area contributed by atoms with Crippen molar-refractivity contribution in [3.05, 3.63) is 53.1 Å². The van der Waals surface area contributed by atoms with Gasteiger partial charge in [0, 0.05) is 23.7 Å². The lowest BCUT2D eigenvalue weighted by atomic mass is 10.1. The summed E-state index contributed by atoms with van der Waals surface area (Å²) in [7, 11) is 3.05. The first kappa shape index (κ1) is 18.5. The molecule has 0 atom stereocenters. The van der Waals surface area contributed by atoms with Crippen LogP contribution in [0.1, 0.15) is 26.3 Å². The molecule has 2 aromatic carbocycles. The third kappa shape index (κ3) is 3.80. The lowest BCUT2D eigenvalue weighted by molar-refractivity contribution is 0.0705. The van der Waals surface area contributed by atoms with Gasteiger partial charge in [0.15, 0.2) is 0 Å². The Morgan fingerprint density at radius 2 is 1.96 bits per heavy atom. The van der Waals surface area contributed by atoms with E-state index in [1.807, 2.05) is 0 Å². The van der Waals surface area contributed by atoms with Gasteiger partial charge >= 0.3 is 0 Å². The van der Waals surface area contributed by atoms with E-state index in [4.69, 9.17) is 19.4 Å². The fraction of sp³-hybridized carbons (Fsp3) is 0.263. The summed E-state index contributed by atoms with van der Waals surface area (Å²) in [5.74, 6) is 0.722. The molecule has 2 N–H and O–H groups in total. The van der Waals surface area contributed by atoms with Crippen molar-refractivity contribution in [3.8, 4) is 17.2 Å². The number of nitrogens with one attached hydrogen (secondary N) is 1. The van der Waals surface area contributed by atoms with Gasteiger partial charge in [-0.25, -0.2) is 5.48 Å². The molecule has 27 heavy (non-hydrogen) atoms. The molecule has 0 aliphatic carbocycles. The van der Waals surface area contributed by atoms with E-state index in [1.165, 1.54) is 7.11 Å². The maximum atomic E-state index is 13.0. The van der Waals surface area contributed by atoms with E-state index in [1.54, 1.807) is 53.9 Å². The molecule has 0 saturated carbocycles. The SMILES string of the molecule is COc1ccc(C(=O)N2CCOc3cc(C(=O)NO)ccc3C2)c(OC)c1. The van der Waals surface area contributed by atoms with Gasteiger partial charge in [0.05, 0.1) is 26.3 Å². The van der Waals surface area contributed by atoms with Gasteiger partial charge in [-0.1, -0.05) is 6.07 Å². The molecule has 8 nitrogen and oxygen atoms in total. The van der Waals surface area contributed by atoms with Gasteiger partial charge < -0.3 is 19.1 Å². The maximum Gasteiger partial charge on any atom is 0.274 e. The number of hydroxylamine groups is 1. The number of methoxy groups -OCH3 is 2. The number of amides is 2. The van der Waals surface area contributed by atoms with Crippen LogP contribution in [-0.4, -0.2) is 49.3 Å². The number of hydrogen-bond donors (Lipinski definition) is 2. The van der Waals surface area contributed by atoms with Crippen LogP contribution < -0.4 is 19.7 Å². The van der Waals surface area contributed by atoms with Crippen LogP contribution in [0.5, 0.6) is 17.2 Å². The zero-order chi connectivity index (χ0) is 19.4. The van der Waals surface area contributed by atoms with Crippen molar-refractivity contribution in [2.24, 2.45) is 0 Å². The van der Waals surface area contributed by atoms with Crippen LogP contribution in [0.15, 0.2) is 36.4 Å². The smallest absolute Gasteiger partial charge is 0.274 e. The molecule has 2 amide bonds. The second-order valence-corrected chi connectivity index (χ2v) is 5.90. The van der Waals surface area contributed by atoms with Crippen LogP contribution >= 0.6 is 0 Å². The summed E-state index contributed by atoms with van der Waals surface area (Å²) in [4.78, 5) is 26.2. The number of carbonyl (C=O) groups excluding carboxylic acids is 2. The van der Waals surface area contributed by atoms with E-state index in [-0.39, 0.29) is 18.1 Å². The Balaban J connectivity index is 1.86. The van der Waals surface area contributed by atoms with Crippen molar-refractivity contribution >= 4 is 11.8 Å². The molecule has 1 aliphatic rings. The minimum absolute atomic E-state index is 0.192. The van der Waals surface area contributed by atoms with Crippen LogP contribution in [0, 0.1) is 0 Å². The number of hydrogen-bond acceptors (Lipinski definition) is 6. The monoisotopic (exact) mass is 372 g/mol. The Hall–Kier alpha value is -3.26. The zero-order valence-electron chi connectivity index (χ0n) is 15.0. The van der Waals surface area contributed by atoms with Crippen LogP contribution in [0.2, 0.25) is 0 Å². The highest BCUT2D eigenvalue weighted by atomic mass is 16.5. The fourth-order valence-electron chi connectivity index (χ4n) is 2.89. The average Bonchev–Trinajstić information content (AvgIpc) is 2.93. The summed E-state index contributed by atoms with van der Waals surface area (Å²) in [5.41, 5.74) is 3.06. The van der Waals surface area contributed by atoms with E-state index in [2.05, 4.69) is 0 Å². The molecule has 0 radical (unpaired) electrons. The maximum absolute atomic E-state index is 13.0. The molecule has 0 fully saturated rings. The molecule has 8 heteroatoms. The molecular formula is C19H20N2O6. The van der Waals surface area contributed by atoms with E-state index < -0.39 is 5.91 Å². The summed E-state index contributed by atoms with van der Waals surface area (Å²) in [6, 6.07) is 9.85. The minimum Gasteiger partial charge on any atom is -0.497 e. The fourth-order valence-corrected chi connectivity index (χ4v) is 2.89. The van der Waals surface area contributed by atoms with Crippen LogP contribution in [0.4, 0.5) is 0 Å². The van der Waals surface area contributed by atoms with Gasteiger partial charge in [-0.3, -0.25) is 14.8 Å². The van der Waals surface area contributed by atoms with Crippen LogP contribution in [-0.2, 0) is 6.54 Å². The van der Waals surface area contributed by atoms with Crippen molar-refractivity contribution in [2.45, 2.75) is 6.54 Å². The quantitative estimate of drug-likeness (QED) is 0.628. The molecule has 0 bridgehead atoms. The molecule has 2 aromatic rings. The molecule has 142 valence electrons. The Bertz CT molecular complexity index is 867. The van der Waals surface area contributed by atoms with Gasteiger partial charge in [-0.05, 0) is 24.3 Å². The van der Waals surface area contributed by atoms with Crippen molar-refractivity contribution < 1.29 is 29.0 Å². The first-order chi connectivity index (χ1) is 13.1. The van der Waals surface area contributed by atoms with Crippen molar-refractivity contribution in [2.75, 3.05) is 27.4 Å². The number of ether oxygens (including phenoxy) is 3. The highest BCUT2D eigenvalue weighted by Crippen LogP contribution is 2.29. The van der Waals surface area contributed by atoms with Crippen LogP contribution in [0.3, 0.4) is 0 Å². The van der Waals surface area contributed by atoms with Crippen molar-refractivity contribution in [1.82, 2.24) is 10.4 Å². The molecule has 1 aliphatic heterocycles. The Morgan fingerprint density at radius 1 is 1.15 bits per heavy atom. The molecular weight excluding hydrogens is 352 g/mol. The molecule has 0 spiro atoms. The number of nitrogens with zero attached hydrogens (tertiary/aromatic N) is 1. The first-order valence-corrected chi connectivity index (χ1v) is 8.29. The van der Waals surface area contributed by atoms with Gasteiger partial charge in [0.2, 0.25) is 0 Å². The summed E-state index contributed by atoms with van der Waals surface area (Å²) < 4.78 is 16.2. The normalized spacial score (nSPS) is 13.1. The van der Waals surface area contributed by atoms with Gasteiger partial charge in [0.25, 0.3) is 11.8 Å². The summed E-state index contributed by atoms with van der Waals surface area (Å²) >= 11 is 0. The van der Waals surface area contributed by atoms with E-state index in [0.29, 0.717) is 35.9 Å². The summed E-state index contributed by atoms with van der Waals surface area (Å²) in [6.07, 6.45) is 0. The third-order valence-electron chi connectivity index (χ3n) is 4.34. The summed E-state index contributed by atoms with van der Waals surface area (Å²) in [5, 5.41) is 8.76. The number of carbonyl (C=O) groups is 2. The molecule has 0 unspecified atom stereocenters. The highest BCUT2D eigenvalue weighted by molar-refractivity contribution is 5.97. The van der Waals surface area contributed by atoms with Crippen molar-refractivity contribution in [3.63, 3.8) is 0 Å². The van der Waals surface area contributed by atoms with Gasteiger partial charge in [-0.2, -0.15) is 0 Å². The molecule has 3 rings (SSSR count).